The Morgan fingerprint density at radius 3 is 2.67 bits per heavy atom. The van der Waals surface area contributed by atoms with Crippen molar-refractivity contribution >= 4 is 21.2 Å². The molecule has 0 spiro atoms. The molecule has 2 heterocycles. The van der Waals surface area contributed by atoms with Crippen LogP contribution in [0, 0.1) is 0 Å². The van der Waals surface area contributed by atoms with Crippen molar-refractivity contribution < 1.29 is 12.6 Å². The van der Waals surface area contributed by atoms with E-state index in [4.69, 9.17) is 4.18 Å². The minimum absolute atomic E-state index is 0.0797. The number of fused-ring (bicyclic) bond motifs is 1. The van der Waals surface area contributed by atoms with Crippen LogP contribution in [0.15, 0.2) is 72.4 Å². The van der Waals surface area contributed by atoms with Crippen LogP contribution in [-0.4, -0.2) is 27.9 Å². The van der Waals surface area contributed by atoms with Crippen LogP contribution >= 0.6 is 0 Å². The molecule has 8 heteroatoms. The van der Waals surface area contributed by atoms with Gasteiger partial charge in [0.1, 0.15) is 10.6 Å². The lowest BCUT2D eigenvalue weighted by Gasteiger charge is -2.08. The first-order valence-electron chi connectivity index (χ1n) is 7.08. The van der Waals surface area contributed by atoms with Crippen molar-refractivity contribution in [1.82, 2.24) is 19.5 Å². The Kier molecular flexibility index (Phi) is 3.31. The fourth-order valence-electron chi connectivity index (χ4n) is 2.34. The average molecular weight is 340 g/mol. The molecule has 0 bridgehead atoms. The summed E-state index contributed by atoms with van der Waals surface area (Å²) in [5.74, 6) is 0.227. The lowest BCUT2D eigenvalue weighted by molar-refractivity contribution is 0.486. The first-order chi connectivity index (χ1) is 11.6. The third kappa shape index (κ3) is 2.63. The largest absolute Gasteiger partial charge is 0.379 e. The van der Waals surface area contributed by atoms with Crippen molar-refractivity contribution in [2.75, 3.05) is 0 Å². The van der Waals surface area contributed by atoms with Gasteiger partial charge in [-0.25, -0.2) is 9.97 Å². The van der Waals surface area contributed by atoms with Crippen LogP contribution in [-0.2, 0) is 10.1 Å². The number of rotatable bonds is 4. The van der Waals surface area contributed by atoms with Crippen molar-refractivity contribution in [2.45, 2.75) is 4.90 Å². The molecule has 1 N–H and O–H groups in total. The number of nitrogens with one attached hydrogen (secondary N) is 1. The fraction of sp³-hybridized carbons (Fsp3) is 0. The molecular formula is C16H12N4O3S. The standard InChI is InChI=1S/C16H12N4O3S/c21-24(22,23-13-3-6-15-16(9-13)19-10-18-15)14-4-1-12(2-5-14)20-8-7-17-11-20/h1-11H,(H,18,19). The van der Waals surface area contributed by atoms with E-state index < -0.39 is 10.1 Å². The Morgan fingerprint density at radius 2 is 1.92 bits per heavy atom. The van der Waals surface area contributed by atoms with Crippen LogP contribution in [0.3, 0.4) is 0 Å². The molecule has 2 aromatic heterocycles. The van der Waals surface area contributed by atoms with Crippen LogP contribution in [0.4, 0.5) is 0 Å². The minimum atomic E-state index is -3.91. The zero-order valence-electron chi connectivity index (χ0n) is 12.3. The van der Waals surface area contributed by atoms with Gasteiger partial charge in [0.2, 0.25) is 0 Å². The Morgan fingerprint density at radius 1 is 1.08 bits per heavy atom. The lowest BCUT2D eigenvalue weighted by Crippen LogP contribution is -2.09. The Bertz CT molecular complexity index is 1080. The predicted octanol–water partition coefficient (Wildman–Crippen LogP) is 2.52. The molecule has 0 saturated carbocycles. The second-order valence-corrected chi connectivity index (χ2v) is 6.63. The van der Waals surface area contributed by atoms with Gasteiger partial charge in [-0.2, -0.15) is 8.42 Å². The summed E-state index contributed by atoms with van der Waals surface area (Å²) in [5.41, 5.74) is 2.26. The maximum Gasteiger partial charge on any atom is 0.339 e. The van der Waals surface area contributed by atoms with Crippen molar-refractivity contribution in [3.63, 3.8) is 0 Å². The van der Waals surface area contributed by atoms with Gasteiger partial charge in [0.05, 0.1) is 23.7 Å². The molecule has 0 fully saturated rings. The molecule has 0 aliphatic heterocycles. The topological polar surface area (TPSA) is 89.9 Å². The first-order valence-corrected chi connectivity index (χ1v) is 8.49. The van der Waals surface area contributed by atoms with E-state index in [0.29, 0.717) is 5.52 Å². The summed E-state index contributed by atoms with van der Waals surface area (Å²) in [4.78, 5) is 11.0. The maximum atomic E-state index is 12.4. The normalized spacial score (nSPS) is 11.7. The molecule has 4 rings (SSSR count). The smallest absolute Gasteiger partial charge is 0.339 e. The van der Waals surface area contributed by atoms with E-state index >= 15 is 0 Å². The number of H-pyrrole nitrogens is 1. The molecule has 0 amide bonds. The van der Waals surface area contributed by atoms with Gasteiger partial charge in [0, 0.05) is 24.1 Å². The van der Waals surface area contributed by atoms with Crippen molar-refractivity contribution in [3.8, 4) is 11.4 Å². The third-order valence-electron chi connectivity index (χ3n) is 3.53. The highest BCUT2D eigenvalue weighted by molar-refractivity contribution is 7.87. The van der Waals surface area contributed by atoms with Crippen LogP contribution in [0.2, 0.25) is 0 Å². The second kappa shape index (κ2) is 5.50. The molecule has 7 nitrogen and oxygen atoms in total. The number of aromatic nitrogens is 4. The molecule has 4 aromatic rings. The highest BCUT2D eigenvalue weighted by atomic mass is 32.2. The molecule has 24 heavy (non-hydrogen) atoms. The quantitative estimate of drug-likeness (QED) is 0.577. The van der Waals surface area contributed by atoms with Crippen LogP contribution in [0.25, 0.3) is 16.7 Å². The van der Waals surface area contributed by atoms with Gasteiger partial charge in [-0.05, 0) is 36.4 Å². The highest BCUT2D eigenvalue weighted by Gasteiger charge is 2.17. The third-order valence-corrected chi connectivity index (χ3v) is 4.79. The molecular weight excluding hydrogens is 328 g/mol. The number of hydrogen-bond acceptors (Lipinski definition) is 5. The molecule has 0 aliphatic rings. The lowest BCUT2D eigenvalue weighted by atomic mass is 10.3. The molecule has 120 valence electrons. The van der Waals surface area contributed by atoms with Gasteiger partial charge in [0.25, 0.3) is 0 Å². The van der Waals surface area contributed by atoms with Crippen molar-refractivity contribution in [2.24, 2.45) is 0 Å². The molecule has 0 aliphatic carbocycles. The number of aromatic amines is 1. The van der Waals surface area contributed by atoms with Crippen molar-refractivity contribution in [1.29, 1.82) is 0 Å². The summed E-state index contributed by atoms with van der Waals surface area (Å²) >= 11 is 0. The first kappa shape index (κ1) is 14.5. The Balaban J connectivity index is 1.62. The van der Waals surface area contributed by atoms with Crippen LogP contribution in [0.1, 0.15) is 0 Å². The Labute approximate surface area is 137 Å². The van der Waals surface area contributed by atoms with Gasteiger partial charge in [-0.3, -0.25) is 0 Å². The average Bonchev–Trinajstić information content (AvgIpc) is 3.26. The number of nitrogens with zero attached hydrogens (tertiary/aromatic N) is 3. The van der Waals surface area contributed by atoms with Gasteiger partial charge in [-0.15, -0.1) is 0 Å². The molecule has 0 saturated heterocycles. The maximum absolute atomic E-state index is 12.4. The van der Waals surface area contributed by atoms with E-state index in [9.17, 15) is 8.42 Å². The van der Waals surface area contributed by atoms with Gasteiger partial charge < -0.3 is 13.7 Å². The predicted molar refractivity (Wildman–Crippen MR) is 87.5 cm³/mol. The van der Waals surface area contributed by atoms with Crippen LogP contribution < -0.4 is 4.18 Å². The minimum Gasteiger partial charge on any atom is -0.379 e. The highest BCUT2D eigenvalue weighted by Crippen LogP contribution is 2.22. The molecule has 0 radical (unpaired) electrons. The summed E-state index contributed by atoms with van der Waals surface area (Å²) in [7, 11) is -3.91. The molecule has 0 atom stereocenters. The summed E-state index contributed by atoms with van der Waals surface area (Å²) in [6.07, 6.45) is 6.61. The van der Waals surface area contributed by atoms with Crippen LogP contribution in [0.5, 0.6) is 5.75 Å². The van der Waals surface area contributed by atoms with Gasteiger partial charge >= 0.3 is 10.1 Å². The monoisotopic (exact) mass is 340 g/mol. The summed E-state index contributed by atoms with van der Waals surface area (Å²) in [6.45, 7) is 0. The SMILES string of the molecule is O=S(=O)(Oc1ccc2nc[nH]c2c1)c1ccc(-n2ccnc2)cc1. The number of imidazole rings is 2. The van der Waals surface area contributed by atoms with E-state index in [1.165, 1.54) is 18.5 Å². The fourth-order valence-corrected chi connectivity index (χ4v) is 3.26. The summed E-state index contributed by atoms with van der Waals surface area (Å²) in [6, 6.07) is 11.2. The number of benzene rings is 2. The summed E-state index contributed by atoms with van der Waals surface area (Å²) < 4.78 is 31.8. The molecule has 0 unspecified atom stereocenters. The zero-order chi connectivity index (χ0) is 16.6. The molecule has 2 aromatic carbocycles. The van der Waals surface area contributed by atoms with E-state index in [1.807, 2.05) is 0 Å². The Hall–Kier alpha value is -3.13. The van der Waals surface area contributed by atoms with E-state index in [-0.39, 0.29) is 10.6 Å². The van der Waals surface area contributed by atoms with E-state index in [0.717, 1.165) is 11.2 Å². The zero-order valence-corrected chi connectivity index (χ0v) is 13.1. The van der Waals surface area contributed by atoms with E-state index in [1.54, 1.807) is 53.6 Å². The summed E-state index contributed by atoms with van der Waals surface area (Å²) in [5, 5.41) is 0. The van der Waals surface area contributed by atoms with Gasteiger partial charge in [-0.1, -0.05) is 0 Å². The van der Waals surface area contributed by atoms with Gasteiger partial charge in [0.15, 0.2) is 0 Å². The van der Waals surface area contributed by atoms with E-state index in [2.05, 4.69) is 15.0 Å². The number of hydrogen-bond donors (Lipinski definition) is 1. The second-order valence-electron chi connectivity index (χ2n) is 5.08. The van der Waals surface area contributed by atoms with Crippen molar-refractivity contribution in [3.05, 3.63) is 67.5 Å².